The number of hydrogen-bond donors (Lipinski definition) is 0. The number of carbonyl (C=O) groups excluding carboxylic acids is 2. The van der Waals surface area contributed by atoms with E-state index in [2.05, 4.69) is 11.1 Å². The minimum absolute atomic E-state index is 0.0159. The number of nitrogens with zero attached hydrogens (tertiary/aromatic N) is 1. The molecule has 1 heterocycles. The first-order valence-corrected chi connectivity index (χ1v) is 5.24. The fraction of sp³-hybridized carbons (Fsp3) is 0.417. The van der Waals surface area contributed by atoms with Gasteiger partial charge in [0.25, 0.3) is 0 Å². The van der Waals surface area contributed by atoms with Crippen molar-refractivity contribution in [3.63, 3.8) is 0 Å². The van der Waals surface area contributed by atoms with E-state index < -0.39 is 0 Å². The van der Waals surface area contributed by atoms with Gasteiger partial charge in [0.05, 0.1) is 12.3 Å². The van der Waals surface area contributed by atoms with Crippen molar-refractivity contribution in [1.82, 2.24) is 0 Å². The summed E-state index contributed by atoms with van der Waals surface area (Å²) in [6.45, 7) is 0. The van der Waals surface area contributed by atoms with Crippen molar-refractivity contribution in [2.75, 3.05) is 0 Å². The molecular weight excluding hydrogens is 190 g/mol. The molecule has 0 bridgehead atoms. The average molecular weight is 201 g/mol. The van der Waals surface area contributed by atoms with Crippen LogP contribution >= 0.6 is 0 Å². The number of carbonyl (C=O) groups is 2. The molecule has 0 aromatic rings. The van der Waals surface area contributed by atoms with Gasteiger partial charge in [0.15, 0.2) is 0 Å². The lowest BCUT2D eigenvalue weighted by Crippen LogP contribution is -2.35. The van der Waals surface area contributed by atoms with E-state index in [9.17, 15) is 9.59 Å². The van der Waals surface area contributed by atoms with Crippen molar-refractivity contribution in [1.29, 1.82) is 0 Å². The van der Waals surface area contributed by atoms with E-state index >= 15 is 0 Å². The van der Waals surface area contributed by atoms with E-state index in [4.69, 9.17) is 0 Å². The lowest BCUT2D eigenvalue weighted by Gasteiger charge is -2.23. The summed E-state index contributed by atoms with van der Waals surface area (Å²) in [6.07, 6.45) is 7.36. The van der Waals surface area contributed by atoms with Crippen LogP contribution in [0.15, 0.2) is 28.9 Å². The van der Waals surface area contributed by atoms with Gasteiger partial charge in [0, 0.05) is 23.7 Å². The predicted molar refractivity (Wildman–Crippen MR) is 55.5 cm³/mol. The first-order valence-electron chi connectivity index (χ1n) is 5.24. The molecule has 0 saturated heterocycles. The zero-order chi connectivity index (χ0) is 10.4. The van der Waals surface area contributed by atoms with Crippen LogP contribution in [-0.2, 0) is 9.59 Å². The molecule has 1 fully saturated rings. The summed E-state index contributed by atoms with van der Waals surface area (Å²) >= 11 is 0. The normalized spacial score (nSPS) is 33.3. The molecule has 3 nitrogen and oxygen atoms in total. The number of Topliss-reactive ketones (excluding diaryl/α,β-unsaturated/α-hetero) is 2. The topological polar surface area (TPSA) is 46.5 Å². The molecule has 15 heavy (non-hydrogen) atoms. The molecule has 3 heteroatoms. The van der Waals surface area contributed by atoms with E-state index in [0.717, 1.165) is 17.8 Å². The molecular formula is C12H11NO2. The van der Waals surface area contributed by atoms with Crippen molar-refractivity contribution >= 4 is 17.3 Å². The highest BCUT2D eigenvalue weighted by Gasteiger charge is 2.43. The molecule has 0 aromatic carbocycles. The minimum Gasteiger partial charge on any atom is -0.299 e. The largest absolute Gasteiger partial charge is 0.299 e. The third-order valence-electron chi connectivity index (χ3n) is 3.30. The fourth-order valence-corrected chi connectivity index (χ4v) is 2.66. The molecule has 2 aliphatic carbocycles. The fourth-order valence-electron chi connectivity index (χ4n) is 2.66. The van der Waals surface area contributed by atoms with E-state index in [1.807, 2.05) is 12.2 Å². The zero-order valence-corrected chi connectivity index (χ0v) is 8.27. The van der Waals surface area contributed by atoms with Gasteiger partial charge in [-0.3, -0.25) is 14.6 Å². The third kappa shape index (κ3) is 1.23. The van der Waals surface area contributed by atoms with Crippen LogP contribution in [0.25, 0.3) is 0 Å². The molecule has 0 radical (unpaired) electrons. The van der Waals surface area contributed by atoms with Gasteiger partial charge in [-0.1, -0.05) is 12.2 Å². The molecule has 3 rings (SSSR count). The zero-order valence-electron chi connectivity index (χ0n) is 8.27. The van der Waals surface area contributed by atoms with Gasteiger partial charge >= 0.3 is 0 Å². The Morgan fingerprint density at radius 2 is 2.13 bits per heavy atom. The highest BCUT2D eigenvalue weighted by Crippen LogP contribution is 2.39. The second-order valence-electron chi connectivity index (χ2n) is 4.30. The number of rotatable bonds is 0. The molecule has 3 aliphatic rings. The molecule has 0 aromatic heterocycles. The lowest BCUT2D eigenvalue weighted by molar-refractivity contribution is -0.129. The van der Waals surface area contributed by atoms with Crippen molar-refractivity contribution in [2.45, 2.75) is 19.3 Å². The van der Waals surface area contributed by atoms with E-state index in [1.165, 1.54) is 0 Å². The summed E-state index contributed by atoms with van der Waals surface area (Å²) in [7, 11) is 0. The highest BCUT2D eigenvalue weighted by molar-refractivity contribution is 6.23. The van der Waals surface area contributed by atoms with Gasteiger partial charge in [0.2, 0.25) is 0 Å². The molecule has 0 N–H and O–H groups in total. The van der Waals surface area contributed by atoms with Gasteiger partial charge in [-0.25, -0.2) is 0 Å². The SMILES string of the molecule is O=C1CC(=O)C2C(=NC3=CC=CCC32)C1. The average Bonchev–Trinajstić information content (AvgIpc) is 2.54. The lowest BCUT2D eigenvalue weighted by atomic mass is 9.76. The highest BCUT2D eigenvalue weighted by atomic mass is 16.1. The molecule has 1 saturated carbocycles. The predicted octanol–water partition coefficient (Wildman–Crippen LogP) is 1.45. The van der Waals surface area contributed by atoms with Crippen LogP contribution in [0.4, 0.5) is 0 Å². The van der Waals surface area contributed by atoms with Gasteiger partial charge in [0.1, 0.15) is 11.6 Å². The standard InChI is InChI=1S/C12H11NO2/c14-7-5-10-12(11(15)6-7)8-3-1-2-4-9(8)13-10/h1-2,4,8,12H,3,5-6H2. The Balaban J connectivity index is 2.02. The number of aliphatic imine (C=N–C) groups is 1. The summed E-state index contributed by atoms with van der Waals surface area (Å²) in [5, 5.41) is 0. The number of hydrogen-bond acceptors (Lipinski definition) is 3. The van der Waals surface area contributed by atoms with Crippen molar-refractivity contribution in [3.8, 4) is 0 Å². The minimum atomic E-state index is -0.0982. The van der Waals surface area contributed by atoms with Crippen LogP contribution in [-0.4, -0.2) is 17.3 Å². The molecule has 1 aliphatic heterocycles. The third-order valence-corrected chi connectivity index (χ3v) is 3.30. The van der Waals surface area contributed by atoms with Crippen molar-refractivity contribution < 1.29 is 9.59 Å². The summed E-state index contributed by atoms with van der Waals surface area (Å²) < 4.78 is 0. The molecule has 0 spiro atoms. The first kappa shape index (κ1) is 8.77. The van der Waals surface area contributed by atoms with E-state index in [0.29, 0.717) is 6.42 Å². The summed E-state index contributed by atoms with van der Waals surface area (Å²) in [5.74, 6) is 0.195. The van der Waals surface area contributed by atoms with Gasteiger partial charge in [-0.15, -0.1) is 0 Å². The second kappa shape index (κ2) is 2.99. The Hall–Kier alpha value is -1.51. The van der Waals surface area contributed by atoms with E-state index in [1.54, 1.807) is 0 Å². The molecule has 0 amide bonds. The second-order valence-corrected chi connectivity index (χ2v) is 4.30. The van der Waals surface area contributed by atoms with Crippen LogP contribution in [0.1, 0.15) is 19.3 Å². The van der Waals surface area contributed by atoms with Crippen LogP contribution in [0, 0.1) is 11.8 Å². The smallest absolute Gasteiger partial charge is 0.149 e. The molecule has 2 atom stereocenters. The Bertz CT molecular complexity index is 443. The van der Waals surface area contributed by atoms with Crippen LogP contribution in [0.3, 0.4) is 0 Å². The van der Waals surface area contributed by atoms with Gasteiger partial charge < -0.3 is 0 Å². The van der Waals surface area contributed by atoms with Crippen LogP contribution in [0.5, 0.6) is 0 Å². The Morgan fingerprint density at radius 3 is 3.00 bits per heavy atom. The van der Waals surface area contributed by atoms with Crippen LogP contribution < -0.4 is 0 Å². The first-order chi connectivity index (χ1) is 7.25. The van der Waals surface area contributed by atoms with Gasteiger partial charge in [-0.2, -0.15) is 0 Å². The maximum absolute atomic E-state index is 11.8. The monoisotopic (exact) mass is 201 g/mol. The summed E-state index contributed by atoms with van der Waals surface area (Å²) in [4.78, 5) is 27.5. The quantitative estimate of drug-likeness (QED) is 0.557. The maximum atomic E-state index is 11.8. The van der Waals surface area contributed by atoms with Gasteiger partial charge in [-0.05, 0) is 12.5 Å². The Labute approximate surface area is 87.6 Å². The van der Waals surface area contributed by atoms with E-state index in [-0.39, 0.29) is 29.8 Å². The van der Waals surface area contributed by atoms with Crippen molar-refractivity contribution in [3.05, 3.63) is 23.9 Å². The molecule has 76 valence electrons. The van der Waals surface area contributed by atoms with Crippen molar-refractivity contribution in [2.24, 2.45) is 16.8 Å². The summed E-state index contributed by atoms with van der Waals surface area (Å²) in [5.41, 5.74) is 1.79. The Kier molecular flexibility index (Phi) is 1.75. The number of ketones is 2. The number of allylic oxidation sites excluding steroid dienone is 4. The maximum Gasteiger partial charge on any atom is 0.149 e. The molecule has 2 unspecified atom stereocenters. The Morgan fingerprint density at radius 1 is 1.27 bits per heavy atom. The van der Waals surface area contributed by atoms with Crippen LogP contribution in [0.2, 0.25) is 0 Å². The summed E-state index contributed by atoms with van der Waals surface area (Å²) in [6, 6.07) is 0. The number of fused-ring (bicyclic) bond motifs is 3.